The first-order valence-corrected chi connectivity index (χ1v) is 11.7. The normalized spacial score (nSPS) is 23.1. The Morgan fingerprint density at radius 1 is 1.03 bits per heavy atom. The van der Waals surface area contributed by atoms with Gasteiger partial charge in [-0.05, 0) is 35.4 Å². The molecule has 2 amide bonds. The number of fused-ring (bicyclic) bond motifs is 1. The molecule has 1 aromatic heterocycles. The summed E-state index contributed by atoms with van der Waals surface area (Å²) < 4.78 is 0. The second kappa shape index (κ2) is 7.95. The van der Waals surface area contributed by atoms with Crippen molar-refractivity contribution in [3.63, 3.8) is 0 Å². The molecule has 2 aromatic rings. The Morgan fingerprint density at radius 2 is 1.80 bits per heavy atom. The van der Waals surface area contributed by atoms with Crippen LogP contribution in [0.2, 0.25) is 0 Å². The molecular formula is C23H25N3O3S. The molecule has 5 rings (SSSR count). The van der Waals surface area contributed by atoms with E-state index < -0.39 is 0 Å². The summed E-state index contributed by atoms with van der Waals surface area (Å²) in [7, 11) is 0. The third-order valence-electron chi connectivity index (χ3n) is 6.45. The second-order valence-corrected chi connectivity index (χ2v) is 9.50. The van der Waals surface area contributed by atoms with E-state index in [1.165, 1.54) is 5.56 Å². The number of hydrogen-bond acceptors (Lipinski definition) is 4. The summed E-state index contributed by atoms with van der Waals surface area (Å²) in [5, 5.41) is 0. The van der Waals surface area contributed by atoms with Crippen LogP contribution in [0.5, 0.6) is 0 Å². The summed E-state index contributed by atoms with van der Waals surface area (Å²) in [5.74, 6) is 2.19. The molecule has 0 spiro atoms. The van der Waals surface area contributed by atoms with Crippen molar-refractivity contribution in [1.29, 1.82) is 0 Å². The number of benzene rings is 1. The monoisotopic (exact) mass is 423 g/mol. The molecule has 2 aliphatic heterocycles. The summed E-state index contributed by atoms with van der Waals surface area (Å²) in [6.45, 7) is 2.38. The number of nitrogens with zero attached hydrogens (tertiary/aromatic N) is 2. The van der Waals surface area contributed by atoms with Gasteiger partial charge < -0.3 is 14.8 Å². The highest BCUT2D eigenvalue weighted by Gasteiger charge is 2.46. The summed E-state index contributed by atoms with van der Waals surface area (Å²) >= 11 is 1.83. The first kappa shape index (κ1) is 19.4. The lowest BCUT2D eigenvalue weighted by Crippen LogP contribution is -2.43. The predicted octanol–water partition coefficient (Wildman–Crippen LogP) is 2.25. The van der Waals surface area contributed by atoms with Crippen molar-refractivity contribution in [1.82, 2.24) is 14.8 Å². The molecule has 6 nitrogen and oxygen atoms in total. The number of aromatic amines is 1. The lowest BCUT2D eigenvalue weighted by molar-refractivity contribution is -0.133. The molecule has 3 heterocycles. The molecule has 1 N–H and O–H groups in total. The maximum atomic E-state index is 13.1. The van der Waals surface area contributed by atoms with Crippen molar-refractivity contribution in [2.75, 3.05) is 31.1 Å². The van der Waals surface area contributed by atoms with Crippen LogP contribution in [0.3, 0.4) is 0 Å². The van der Waals surface area contributed by atoms with Crippen LogP contribution < -0.4 is 5.56 Å². The molecule has 0 unspecified atom stereocenters. The van der Waals surface area contributed by atoms with Crippen LogP contribution in [0, 0.1) is 5.92 Å². The third-order valence-corrected chi connectivity index (χ3v) is 7.39. The standard InChI is InChI=1S/C23H25N3O3S/c27-21-20(23(29)25-8-10-30-11-9-25)17-6-7-26(14-16(17)13-24-21)22(28)19-12-18(19)15-4-2-1-3-5-15/h1-5,13,18-19H,6-12,14H2,(H,24,27)/t18-,19+/m0/s1. The van der Waals surface area contributed by atoms with Crippen LogP contribution in [-0.4, -0.2) is 57.7 Å². The lowest BCUT2D eigenvalue weighted by atomic mass is 9.95. The van der Waals surface area contributed by atoms with Gasteiger partial charge in [0.25, 0.3) is 11.5 Å². The van der Waals surface area contributed by atoms with Gasteiger partial charge in [-0.15, -0.1) is 0 Å². The summed E-state index contributed by atoms with van der Waals surface area (Å²) in [5.41, 5.74) is 2.90. The molecule has 2 fully saturated rings. The van der Waals surface area contributed by atoms with Crippen LogP contribution in [0.15, 0.2) is 41.3 Å². The van der Waals surface area contributed by atoms with Gasteiger partial charge in [-0.2, -0.15) is 11.8 Å². The molecule has 1 saturated heterocycles. The van der Waals surface area contributed by atoms with E-state index in [0.717, 1.165) is 29.1 Å². The van der Waals surface area contributed by atoms with E-state index >= 15 is 0 Å². The number of hydrogen-bond donors (Lipinski definition) is 1. The summed E-state index contributed by atoms with van der Waals surface area (Å²) in [6, 6.07) is 10.2. The van der Waals surface area contributed by atoms with Crippen molar-refractivity contribution in [3.05, 3.63) is 69.1 Å². The Morgan fingerprint density at radius 3 is 2.57 bits per heavy atom. The van der Waals surface area contributed by atoms with Gasteiger partial charge in [-0.25, -0.2) is 0 Å². The lowest BCUT2D eigenvalue weighted by Gasteiger charge is -2.31. The van der Waals surface area contributed by atoms with Gasteiger partial charge in [0.2, 0.25) is 5.91 Å². The van der Waals surface area contributed by atoms with Crippen LogP contribution in [0.25, 0.3) is 0 Å². The largest absolute Gasteiger partial charge is 0.338 e. The van der Waals surface area contributed by atoms with Gasteiger partial charge in [0.1, 0.15) is 5.56 Å². The zero-order chi connectivity index (χ0) is 20.7. The molecule has 0 radical (unpaired) electrons. The first-order chi connectivity index (χ1) is 14.6. The topological polar surface area (TPSA) is 73.5 Å². The van der Waals surface area contributed by atoms with Crippen molar-refractivity contribution in [2.45, 2.75) is 25.3 Å². The number of carbonyl (C=O) groups is 2. The molecule has 7 heteroatoms. The van der Waals surface area contributed by atoms with Crippen LogP contribution in [-0.2, 0) is 17.8 Å². The van der Waals surface area contributed by atoms with Crippen molar-refractivity contribution < 1.29 is 9.59 Å². The molecule has 1 saturated carbocycles. The number of H-pyrrole nitrogens is 1. The zero-order valence-electron chi connectivity index (χ0n) is 16.8. The van der Waals surface area contributed by atoms with Crippen LogP contribution >= 0.6 is 11.8 Å². The van der Waals surface area contributed by atoms with Crippen LogP contribution in [0.4, 0.5) is 0 Å². The SMILES string of the molecule is O=C(c1c2c(c[nH]c1=O)CN(C(=O)[C@@H]1C[C@H]1c1ccccc1)CC2)N1CCSCC1. The highest BCUT2D eigenvalue weighted by atomic mass is 32.2. The first-order valence-electron chi connectivity index (χ1n) is 10.6. The van der Waals surface area contributed by atoms with E-state index in [-0.39, 0.29) is 28.9 Å². The highest BCUT2D eigenvalue weighted by Crippen LogP contribution is 2.48. The van der Waals surface area contributed by atoms with Crippen molar-refractivity contribution >= 4 is 23.6 Å². The van der Waals surface area contributed by atoms with Crippen molar-refractivity contribution in [2.24, 2.45) is 5.92 Å². The van der Waals surface area contributed by atoms with Gasteiger partial charge >= 0.3 is 0 Å². The Kier molecular flexibility index (Phi) is 5.15. The number of amides is 2. The minimum absolute atomic E-state index is 0.0451. The maximum Gasteiger partial charge on any atom is 0.261 e. The zero-order valence-corrected chi connectivity index (χ0v) is 17.6. The molecule has 1 aliphatic carbocycles. The second-order valence-electron chi connectivity index (χ2n) is 8.27. The van der Waals surface area contributed by atoms with E-state index in [4.69, 9.17) is 0 Å². The van der Waals surface area contributed by atoms with E-state index in [2.05, 4.69) is 17.1 Å². The Hall–Kier alpha value is -2.54. The minimum Gasteiger partial charge on any atom is -0.338 e. The average Bonchev–Trinajstić information content (AvgIpc) is 3.60. The fourth-order valence-corrected chi connectivity index (χ4v) is 5.58. The molecule has 30 heavy (non-hydrogen) atoms. The molecule has 0 bridgehead atoms. The fraction of sp³-hybridized carbons (Fsp3) is 0.435. The van der Waals surface area contributed by atoms with Gasteiger partial charge in [0.05, 0.1) is 0 Å². The summed E-state index contributed by atoms with van der Waals surface area (Å²) in [4.78, 5) is 45.0. The van der Waals surface area contributed by atoms with Gasteiger partial charge in [-0.3, -0.25) is 14.4 Å². The summed E-state index contributed by atoms with van der Waals surface area (Å²) in [6.07, 6.45) is 3.13. The number of carbonyl (C=O) groups excluding carboxylic acids is 2. The number of nitrogens with one attached hydrogen (secondary N) is 1. The Balaban J connectivity index is 1.33. The number of pyridine rings is 1. The van der Waals surface area contributed by atoms with Gasteiger partial charge in [-0.1, -0.05) is 30.3 Å². The maximum absolute atomic E-state index is 13.1. The van der Waals surface area contributed by atoms with Gasteiger partial charge in [0, 0.05) is 49.8 Å². The van der Waals surface area contributed by atoms with Gasteiger partial charge in [0.15, 0.2) is 0 Å². The van der Waals surface area contributed by atoms with Crippen molar-refractivity contribution in [3.8, 4) is 0 Å². The molecular weight excluding hydrogens is 398 g/mol. The number of aromatic nitrogens is 1. The quantitative estimate of drug-likeness (QED) is 0.822. The van der Waals surface area contributed by atoms with E-state index in [1.54, 1.807) is 11.1 Å². The fourth-order valence-electron chi connectivity index (χ4n) is 4.68. The Labute approximate surface area is 179 Å². The Bertz CT molecular complexity index is 1030. The number of thioether (sulfide) groups is 1. The molecule has 1 aromatic carbocycles. The minimum atomic E-state index is -0.317. The average molecular weight is 424 g/mol. The van der Waals surface area contributed by atoms with E-state index in [9.17, 15) is 14.4 Å². The van der Waals surface area contributed by atoms with E-state index in [0.29, 0.717) is 38.5 Å². The smallest absolute Gasteiger partial charge is 0.261 e. The number of rotatable bonds is 3. The van der Waals surface area contributed by atoms with E-state index in [1.807, 2.05) is 34.9 Å². The van der Waals surface area contributed by atoms with Crippen LogP contribution in [0.1, 0.15) is 39.4 Å². The molecule has 2 atom stereocenters. The predicted molar refractivity (Wildman–Crippen MR) is 117 cm³/mol. The molecule has 3 aliphatic rings. The third kappa shape index (κ3) is 3.55. The molecule has 156 valence electrons. The highest BCUT2D eigenvalue weighted by molar-refractivity contribution is 7.99.